The lowest BCUT2D eigenvalue weighted by atomic mass is 10.2. The molecule has 5 nitrogen and oxygen atoms in total. The quantitative estimate of drug-likeness (QED) is 0.772. The summed E-state index contributed by atoms with van der Waals surface area (Å²) in [6, 6.07) is 0.0203. The molecule has 0 radical (unpaired) electrons. The molecule has 1 atom stereocenters. The van der Waals surface area contributed by atoms with E-state index in [0.717, 1.165) is 19.4 Å². The minimum absolute atomic E-state index is 0.0203. The normalized spacial score (nSPS) is 21.2. The van der Waals surface area contributed by atoms with Crippen molar-refractivity contribution >= 4 is 0 Å². The Morgan fingerprint density at radius 3 is 2.89 bits per heavy atom. The average Bonchev–Trinajstić information content (AvgIpc) is 2.91. The maximum Gasteiger partial charge on any atom is 0.411 e. The molecule has 1 aromatic rings. The average molecular weight is 279 g/mol. The fraction of sp³-hybridized carbons (Fsp3) is 0.818. The number of ether oxygens (including phenoxy) is 1. The number of hydrogen-bond acceptors (Lipinski definition) is 5. The number of aromatic nitrogens is 2. The summed E-state index contributed by atoms with van der Waals surface area (Å²) in [6.45, 7) is 1.81. The van der Waals surface area contributed by atoms with Crippen LogP contribution in [0.15, 0.2) is 4.52 Å². The van der Waals surface area contributed by atoms with Crippen LogP contribution in [0.5, 0.6) is 0 Å². The standard InChI is InChI=1S/C11H16F3N3O2/c1-8-15-10(16-19-8)9-3-2-4-17(9)5-6-18-7-11(12,13)14/h9H,2-7H2,1H3. The molecular weight excluding hydrogens is 263 g/mol. The predicted octanol–water partition coefficient (Wildman–Crippen LogP) is 2.09. The van der Waals surface area contributed by atoms with Gasteiger partial charge in [-0.3, -0.25) is 4.90 Å². The highest BCUT2D eigenvalue weighted by atomic mass is 19.4. The van der Waals surface area contributed by atoms with Crippen LogP contribution in [0.1, 0.15) is 30.6 Å². The van der Waals surface area contributed by atoms with Crippen molar-refractivity contribution in [3.63, 3.8) is 0 Å². The van der Waals surface area contributed by atoms with E-state index < -0.39 is 12.8 Å². The number of nitrogens with zero attached hydrogens (tertiary/aromatic N) is 3. The lowest BCUT2D eigenvalue weighted by Gasteiger charge is -2.21. The van der Waals surface area contributed by atoms with Crippen LogP contribution in [0, 0.1) is 6.92 Å². The van der Waals surface area contributed by atoms with Gasteiger partial charge in [-0.15, -0.1) is 0 Å². The van der Waals surface area contributed by atoms with Crippen LogP contribution < -0.4 is 0 Å². The van der Waals surface area contributed by atoms with E-state index in [4.69, 9.17) is 4.52 Å². The molecule has 0 spiro atoms. The molecule has 1 aromatic heterocycles. The van der Waals surface area contributed by atoms with Crippen LogP contribution >= 0.6 is 0 Å². The second-order valence-corrected chi connectivity index (χ2v) is 4.53. The van der Waals surface area contributed by atoms with E-state index in [1.54, 1.807) is 6.92 Å². The van der Waals surface area contributed by atoms with Gasteiger partial charge in [0.05, 0.1) is 12.6 Å². The summed E-state index contributed by atoms with van der Waals surface area (Å²) < 4.78 is 45.3. The summed E-state index contributed by atoms with van der Waals surface area (Å²) in [4.78, 5) is 6.20. The van der Waals surface area contributed by atoms with Crippen molar-refractivity contribution in [3.05, 3.63) is 11.7 Å². The van der Waals surface area contributed by atoms with Crippen molar-refractivity contribution in [1.82, 2.24) is 15.0 Å². The van der Waals surface area contributed by atoms with Gasteiger partial charge in [-0.05, 0) is 19.4 Å². The minimum atomic E-state index is -4.27. The Bertz CT molecular complexity index is 408. The van der Waals surface area contributed by atoms with Crippen molar-refractivity contribution in [1.29, 1.82) is 0 Å². The van der Waals surface area contributed by atoms with Gasteiger partial charge in [0.1, 0.15) is 6.61 Å². The number of hydrogen-bond donors (Lipinski definition) is 0. The smallest absolute Gasteiger partial charge is 0.371 e. The molecule has 0 aliphatic carbocycles. The molecule has 108 valence electrons. The zero-order valence-corrected chi connectivity index (χ0v) is 10.6. The van der Waals surface area contributed by atoms with Crippen molar-refractivity contribution in [2.75, 3.05) is 26.3 Å². The van der Waals surface area contributed by atoms with E-state index in [1.807, 2.05) is 4.90 Å². The third-order valence-corrected chi connectivity index (χ3v) is 2.99. The van der Waals surface area contributed by atoms with Gasteiger partial charge in [0.2, 0.25) is 5.89 Å². The first-order chi connectivity index (χ1) is 8.96. The zero-order valence-electron chi connectivity index (χ0n) is 10.6. The van der Waals surface area contributed by atoms with Crippen molar-refractivity contribution in [2.45, 2.75) is 32.0 Å². The number of likely N-dealkylation sites (tertiary alicyclic amines) is 1. The molecule has 0 N–H and O–H groups in total. The summed E-state index contributed by atoms with van der Waals surface area (Å²) in [5.41, 5.74) is 0. The van der Waals surface area contributed by atoms with Crippen molar-refractivity contribution in [3.8, 4) is 0 Å². The monoisotopic (exact) mass is 279 g/mol. The third kappa shape index (κ3) is 4.17. The molecular formula is C11H16F3N3O2. The van der Waals surface area contributed by atoms with Gasteiger partial charge in [0.15, 0.2) is 5.82 Å². The molecule has 8 heteroatoms. The van der Waals surface area contributed by atoms with Gasteiger partial charge in [0.25, 0.3) is 0 Å². The molecule has 0 aromatic carbocycles. The van der Waals surface area contributed by atoms with Gasteiger partial charge in [0, 0.05) is 13.5 Å². The van der Waals surface area contributed by atoms with Crippen molar-refractivity contribution < 1.29 is 22.4 Å². The maximum atomic E-state index is 11.9. The predicted molar refractivity (Wildman–Crippen MR) is 59.5 cm³/mol. The van der Waals surface area contributed by atoms with Gasteiger partial charge in [-0.25, -0.2) is 0 Å². The van der Waals surface area contributed by atoms with Crippen LogP contribution in [0.25, 0.3) is 0 Å². The van der Waals surface area contributed by atoms with Crippen LogP contribution in [0.4, 0.5) is 13.2 Å². The van der Waals surface area contributed by atoms with E-state index in [2.05, 4.69) is 14.9 Å². The van der Waals surface area contributed by atoms with E-state index in [1.165, 1.54) is 0 Å². The molecule has 0 bridgehead atoms. The van der Waals surface area contributed by atoms with Crippen LogP contribution in [0.3, 0.4) is 0 Å². The first-order valence-electron chi connectivity index (χ1n) is 6.14. The molecule has 1 unspecified atom stereocenters. The highest BCUT2D eigenvalue weighted by Crippen LogP contribution is 2.29. The SMILES string of the molecule is Cc1nc(C2CCCN2CCOCC(F)(F)F)no1. The summed E-state index contributed by atoms with van der Waals surface area (Å²) in [5.74, 6) is 1.10. The Kier molecular flexibility index (Phi) is 4.41. The van der Waals surface area contributed by atoms with Gasteiger partial charge < -0.3 is 9.26 Å². The Morgan fingerprint density at radius 2 is 2.26 bits per heavy atom. The number of rotatable bonds is 5. The molecule has 0 amide bonds. The highest BCUT2D eigenvalue weighted by molar-refractivity contribution is 4.97. The van der Waals surface area contributed by atoms with Crippen molar-refractivity contribution in [2.24, 2.45) is 0 Å². The zero-order chi connectivity index (χ0) is 13.9. The maximum absolute atomic E-state index is 11.9. The molecule has 2 heterocycles. The Labute approximate surface area is 108 Å². The molecule has 19 heavy (non-hydrogen) atoms. The van der Waals surface area contributed by atoms with Crippen LogP contribution in [-0.2, 0) is 4.74 Å². The van der Waals surface area contributed by atoms with Gasteiger partial charge >= 0.3 is 6.18 Å². The fourth-order valence-electron chi connectivity index (χ4n) is 2.21. The Hall–Kier alpha value is -1.15. The van der Waals surface area contributed by atoms with E-state index in [0.29, 0.717) is 18.3 Å². The largest absolute Gasteiger partial charge is 0.411 e. The number of halogens is 3. The van der Waals surface area contributed by atoms with Crippen LogP contribution in [0.2, 0.25) is 0 Å². The second kappa shape index (κ2) is 5.87. The Morgan fingerprint density at radius 1 is 1.47 bits per heavy atom. The molecule has 1 saturated heterocycles. The first kappa shape index (κ1) is 14.3. The molecule has 1 aliphatic heterocycles. The summed E-state index contributed by atoms with van der Waals surface area (Å²) in [5, 5.41) is 3.87. The second-order valence-electron chi connectivity index (χ2n) is 4.53. The topological polar surface area (TPSA) is 51.4 Å². The number of alkyl halides is 3. The first-order valence-corrected chi connectivity index (χ1v) is 6.14. The molecule has 0 saturated carbocycles. The van der Waals surface area contributed by atoms with E-state index in [9.17, 15) is 13.2 Å². The number of aryl methyl sites for hydroxylation is 1. The fourth-order valence-corrected chi connectivity index (χ4v) is 2.21. The summed E-state index contributed by atoms with van der Waals surface area (Å²) in [6.07, 6.45) is -2.41. The van der Waals surface area contributed by atoms with Gasteiger partial charge in [-0.1, -0.05) is 5.16 Å². The minimum Gasteiger partial charge on any atom is -0.371 e. The lowest BCUT2D eigenvalue weighted by molar-refractivity contribution is -0.174. The molecule has 1 aliphatic rings. The summed E-state index contributed by atoms with van der Waals surface area (Å²) >= 11 is 0. The molecule has 1 fully saturated rings. The Balaban J connectivity index is 1.79. The van der Waals surface area contributed by atoms with E-state index in [-0.39, 0.29) is 12.6 Å². The highest BCUT2D eigenvalue weighted by Gasteiger charge is 2.30. The summed E-state index contributed by atoms with van der Waals surface area (Å²) in [7, 11) is 0. The van der Waals surface area contributed by atoms with E-state index >= 15 is 0 Å². The van der Waals surface area contributed by atoms with Gasteiger partial charge in [-0.2, -0.15) is 18.2 Å². The third-order valence-electron chi connectivity index (χ3n) is 2.99. The lowest BCUT2D eigenvalue weighted by Crippen LogP contribution is -2.29. The van der Waals surface area contributed by atoms with Crippen LogP contribution in [-0.4, -0.2) is 47.5 Å². The molecule has 2 rings (SSSR count).